The number of urea groups is 1. The van der Waals surface area contributed by atoms with E-state index in [4.69, 9.17) is 9.39 Å². The molecule has 26 heavy (non-hydrogen) atoms. The number of amides is 3. The number of piperidine rings is 1. The van der Waals surface area contributed by atoms with Gasteiger partial charge in [-0.3, -0.25) is 14.2 Å². The Hall–Kier alpha value is -1.47. The molecular formula is C14H24N4O7S. The van der Waals surface area contributed by atoms with Crippen LogP contribution in [0.4, 0.5) is 4.79 Å². The topological polar surface area (TPSA) is 138 Å². The van der Waals surface area contributed by atoms with Gasteiger partial charge in [-0.25, -0.2) is 10.3 Å². The monoisotopic (exact) mass is 392 g/mol. The molecule has 3 N–H and O–H groups in total. The van der Waals surface area contributed by atoms with Crippen molar-refractivity contribution in [3.63, 3.8) is 0 Å². The minimum absolute atomic E-state index is 0.154. The molecule has 0 radical (unpaired) electrons. The van der Waals surface area contributed by atoms with E-state index in [-0.39, 0.29) is 6.54 Å². The van der Waals surface area contributed by atoms with Gasteiger partial charge in [0.15, 0.2) is 0 Å². The van der Waals surface area contributed by atoms with Crippen molar-refractivity contribution in [3.05, 3.63) is 0 Å². The van der Waals surface area contributed by atoms with Gasteiger partial charge in [0, 0.05) is 6.54 Å². The minimum atomic E-state index is -4.80. The van der Waals surface area contributed by atoms with Gasteiger partial charge in [-0.05, 0) is 51.1 Å². The fourth-order valence-electron chi connectivity index (χ4n) is 3.70. The van der Waals surface area contributed by atoms with E-state index in [1.165, 1.54) is 4.90 Å². The lowest BCUT2D eigenvalue weighted by Gasteiger charge is -2.28. The van der Waals surface area contributed by atoms with Gasteiger partial charge in [-0.15, -0.1) is 4.28 Å². The second-order valence-electron chi connectivity index (χ2n) is 6.83. The van der Waals surface area contributed by atoms with Crippen LogP contribution in [0.15, 0.2) is 0 Å². The number of nitrogens with one attached hydrogen (secondary N) is 2. The summed E-state index contributed by atoms with van der Waals surface area (Å²) in [4.78, 5) is 30.9. The van der Waals surface area contributed by atoms with E-state index < -0.39 is 34.4 Å². The van der Waals surface area contributed by atoms with Crippen molar-refractivity contribution >= 4 is 22.3 Å². The Kier molecular flexibility index (Phi) is 5.97. The van der Waals surface area contributed by atoms with Gasteiger partial charge in [0.25, 0.3) is 5.91 Å². The van der Waals surface area contributed by atoms with Crippen LogP contribution in [0.25, 0.3) is 0 Å². The van der Waals surface area contributed by atoms with Gasteiger partial charge < -0.3 is 10.2 Å². The van der Waals surface area contributed by atoms with Crippen LogP contribution >= 0.6 is 0 Å². The average Bonchev–Trinajstić information content (AvgIpc) is 3.17. The summed E-state index contributed by atoms with van der Waals surface area (Å²) >= 11 is 0. The molecular weight excluding hydrogens is 368 g/mol. The van der Waals surface area contributed by atoms with E-state index in [1.807, 2.05) is 0 Å². The zero-order valence-electron chi connectivity index (χ0n) is 14.3. The Labute approximate surface area is 151 Å². The highest BCUT2D eigenvalue weighted by molar-refractivity contribution is 7.80. The fourth-order valence-corrected chi connectivity index (χ4v) is 4.09. The zero-order chi connectivity index (χ0) is 18.7. The normalized spacial score (nSPS) is 28.7. The first kappa shape index (κ1) is 19.3. The molecule has 0 spiro atoms. The van der Waals surface area contributed by atoms with E-state index in [0.29, 0.717) is 30.4 Å². The highest BCUT2D eigenvalue weighted by Gasteiger charge is 2.49. The molecule has 3 aliphatic rings. The Morgan fingerprint density at radius 3 is 2.85 bits per heavy atom. The van der Waals surface area contributed by atoms with E-state index in [0.717, 1.165) is 32.4 Å². The summed E-state index contributed by atoms with van der Waals surface area (Å²) in [7, 11) is -4.80. The van der Waals surface area contributed by atoms with Crippen LogP contribution in [-0.2, 0) is 24.3 Å². The Morgan fingerprint density at radius 2 is 2.15 bits per heavy atom. The molecule has 12 heteroatoms. The molecule has 0 aromatic carbocycles. The lowest BCUT2D eigenvalue weighted by Crippen LogP contribution is -2.49. The third kappa shape index (κ3) is 4.62. The standard InChI is InChI=1S/C14H24N4O7S/c19-13(16-24-7-1-2-10-5-6-15-8-10)12-4-3-11-9-17(12)14(20)18(11)25-26(21,22)23/h10-12,15H,1-9H2,(H,16,19)(H,21,22,23)/t10?,11?,12-/m0/s1. The molecule has 3 aliphatic heterocycles. The quantitative estimate of drug-likeness (QED) is 0.284. The second-order valence-corrected chi connectivity index (χ2v) is 7.83. The first-order valence-corrected chi connectivity index (χ1v) is 10.1. The van der Waals surface area contributed by atoms with Crippen molar-refractivity contribution < 1.29 is 31.7 Å². The predicted molar refractivity (Wildman–Crippen MR) is 87.7 cm³/mol. The van der Waals surface area contributed by atoms with Crippen LogP contribution in [0.5, 0.6) is 0 Å². The van der Waals surface area contributed by atoms with E-state index in [9.17, 15) is 18.0 Å². The molecule has 3 atom stereocenters. The summed E-state index contributed by atoms with van der Waals surface area (Å²) in [5, 5.41) is 3.91. The molecule has 0 aromatic heterocycles. The predicted octanol–water partition coefficient (Wildman–Crippen LogP) is -0.573. The molecule has 2 bridgehead atoms. The maximum absolute atomic E-state index is 12.3. The van der Waals surface area contributed by atoms with Crippen molar-refractivity contribution in [2.24, 2.45) is 5.92 Å². The maximum atomic E-state index is 12.3. The fraction of sp³-hybridized carbons (Fsp3) is 0.857. The summed E-state index contributed by atoms with van der Waals surface area (Å²) in [6.07, 6.45) is 3.75. The third-order valence-electron chi connectivity index (χ3n) is 4.99. The van der Waals surface area contributed by atoms with Crippen LogP contribution in [-0.4, -0.2) is 73.2 Å². The van der Waals surface area contributed by atoms with Gasteiger partial charge in [-0.1, -0.05) is 0 Å². The number of fused-ring (bicyclic) bond motifs is 2. The van der Waals surface area contributed by atoms with Crippen molar-refractivity contribution in [2.75, 3.05) is 26.2 Å². The summed E-state index contributed by atoms with van der Waals surface area (Å²) in [6, 6.07) is -2.04. The minimum Gasteiger partial charge on any atom is -0.316 e. The number of hydrogen-bond donors (Lipinski definition) is 3. The number of nitrogens with zero attached hydrogens (tertiary/aromatic N) is 2. The molecule has 11 nitrogen and oxygen atoms in total. The van der Waals surface area contributed by atoms with Crippen molar-refractivity contribution in [2.45, 2.75) is 44.2 Å². The largest absolute Gasteiger partial charge is 0.418 e. The number of rotatable bonds is 8. The zero-order valence-corrected chi connectivity index (χ0v) is 15.1. The molecule has 3 rings (SSSR count). The van der Waals surface area contributed by atoms with Crippen LogP contribution < -0.4 is 10.8 Å². The molecule has 3 amide bonds. The summed E-state index contributed by atoms with van der Waals surface area (Å²) in [5.74, 6) is 0.202. The molecule has 2 unspecified atom stereocenters. The summed E-state index contributed by atoms with van der Waals surface area (Å²) < 4.78 is 34.8. The molecule has 3 heterocycles. The number of hydroxylamine groups is 3. The average molecular weight is 392 g/mol. The Bertz CT molecular complexity index is 637. The first-order chi connectivity index (χ1) is 12.3. The highest BCUT2D eigenvalue weighted by atomic mass is 32.3. The Balaban J connectivity index is 1.43. The van der Waals surface area contributed by atoms with E-state index >= 15 is 0 Å². The smallest absolute Gasteiger partial charge is 0.316 e. The van der Waals surface area contributed by atoms with Crippen molar-refractivity contribution in [1.29, 1.82) is 0 Å². The Morgan fingerprint density at radius 1 is 1.35 bits per heavy atom. The van der Waals surface area contributed by atoms with Gasteiger partial charge in [0.05, 0.1) is 12.6 Å². The lowest BCUT2D eigenvalue weighted by atomic mass is 10.0. The first-order valence-electron chi connectivity index (χ1n) is 8.74. The van der Waals surface area contributed by atoms with Crippen molar-refractivity contribution in [1.82, 2.24) is 20.8 Å². The highest BCUT2D eigenvalue weighted by Crippen LogP contribution is 2.30. The number of carbonyl (C=O) groups excluding carboxylic acids is 2. The van der Waals surface area contributed by atoms with Crippen LogP contribution in [0.2, 0.25) is 0 Å². The van der Waals surface area contributed by atoms with Gasteiger partial charge in [0.2, 0.25) is 0 Å². The van der Waals surface area contributed by atoms with Crippen molar-refractivity contribution in [3.8, 4) is 0 Å². The molecule has 3 fully saturated rings. The van der Waals surface area contributed by atoms with E-state index in [1.54, 1.807) is 0 Å². The molecule has 148 valence electrons. The van der Waals surface area contributed by atoms with Crippen LogP contribution in [0.1, 0.15) is 32.1 Å². The lowest BCUT2D eigenvalue weighted by molar-refractivity contribution is -0.139. The molecule has 0 aliphatic carbocycles. The molecule has 0 aromatic rings. The third-order valence-corrected chi connectivity index (χ3v) is 5.34. The van der Waals surface area contributed by atoms with Gasteiger partial charge in [0.1, 0.15) is 6.04 Å². The number of hydrogen-bond acceptors (Lipinski definition) is 7. The molecule has 3 saturated heterocycles. The second kappa shape index (κ2) is 8.05. The van der Waals surface area contributed by atoms with Gasteiger partial charge in [-0.2, -0.15) is 13.5 Å². The summed E-state index contributed by atoms with van der Waals surface area (Å²) in [6.45, 7) is 2.62. The van der Waals surface area contributed by atoms with Crippen LogP contribution in [0, 0.1) is 5.92 Å². The van der Waals surface area contributed by atoms with Gasteiger partial charge >= 0.3 is 16.4 Å². The van der Waals surface area contributed by atoms with E-state index in [2.05, 4.69) is 15.1 Å². The number of carbonyl (C=O) groups is 2. The van der Waals surface area contributed by atoms with Crippen LogP contribution in [0.3, 0.4) is 0 Å². The SMILES string of the molecule is O=C(NOCCCC1CCNC1)[C@@H]1CCC2CN1C(=O)N2OS(=O)(=O)O. The molecule has 0 saturated carbocycles. The summed E-state index contributed by atoms with van der Waals surface area (Å²) in [5.41, 5.74) is 2.37. The maximum Gasteiger partial charge on any atom is 0.418 e.